The van der Waals surface area contributed by atoms with Gasteiger partial charge in [-0.3, -0.25) is 4.79 Å². The first-order valence-electron chi connectivity index (χ1n) is 6.72. The summed E-state index contributed by atoms with van der Waals surface area (Å²) < 4.78 is 5.41. The normalized spacial score (nSPS) is 12.8. The fraction of sp³-hybridized carbons (Fsp3) is 0.923. The Morgan fingerprint density at radius 2 is 2.00 bits per heavy atom. The second-order valence-electron chi connectivity index (χ2n) is 4.67. The number of unbranched alkanes of at least 4 members (excludes halogenated alkanes) is 2. The average Bonchev–Trinajstić information content (AvgIpc) is 2.29. The molecule has 17 heavy (non-hydrogen) atoms. The molecule has 102 valence electrons. The Hall–Kier alpha value is -0.610. The molecule has 3 N–H and O–H groups in total. The van der Waals surface area contributed by atoms with Crippen molar-refractivity contribution in [1.29, 1.82) is 0 Å². The molecule has 0 radical (unpaired) electrons. The van der Waals surface area contributed by atoms with Gasteiger partial charge in [0.2, 0.25) is 5.91 Å². The van der Waals surface area contributed by atoms with Crippen molar-refractivity contribution in [1.82, 2.24) is 5.32 Å². The van der Waals surface area contributed by atoms with E-state index < -0.39 is 0 Å². The van der Waals surface area contributed by atoms with E-state index in [1.807, 2.05) is 13.8 Å². The Balaban J connectivity index is 3.38. The summed E-state index contributed by atoms with van der Waals surface area (Å²) in [4.78, 5) is 11.5. The van der Waals surface area contributed by atoms with Gasteiger partial charge in [0.1, 0.15) is 0 Å². The minimum Gasteiger partial charge on any atom is -0.379 e. The van der Waals surface area contributed by atoms with E-state index in [4.69, 9.17) is 10.5 Å². The number of amides is 1. The second-order valence-corrected chi connectivity index (χ2v) is 4.67. The molecule has 0 bridgehead atoms. The first-order valence-corrected chi connectivity index (χ1v) is 6.72. The summed E-state index contributed by atoms with van der Waals surface area (Å²) in [5, 5.41) is 2.86. The van der Waals surface area contributed by atoms with Gasteiger partial charge < -0.3 is 15.8 Å². The molecule has 4 nitrogen and oxygen atoms in total. The van der Waals surface area contributed by atoms with Crippen LogP contribution in [0, 0.1) is 0 Å². The van der Waals surface area contributed by atoms with E-state index in [1.165, 1.54) is 0 Å². The Labute approximate surface area is 105 Å². The minimum atomic E-state index is -0.345. The summed E-state index contributed by atoms with van der Waals surface area (Å²) in [5.74, 6) is -0.0248. The maximum absolute atomic E-state index is 11.5. The molecule has 1 amide bonds. The summed E-state index contributed by atoms with van der Waals surface area (Å²) in [7, 11) is 0. The van der Waals surface area contributed by atoms with E-state index >= 15 is 0 Å². The van der Waals surface area contributed by atoms with Crippen molar-refractivity contribution in [2.45, 2.75) is 65.0 Å². The van der Waals surface area contributed by atoms with Crippen LogP contribution < -0.4 is 11.1 Å². The van der Waals surface area contributed by atoms with Gasteiger partial charge in [-0.15, -0.1) is 0 Å². The predicted molar refractivity (Wildman–Crippen MR) is 70.8 cm³/mol. The molecular formula is C13H28N2O2. The van der Waals surface area contributed by atoms with Crippen molar-refractivity contribution in [2.24, 2.45) is 5.73 Å². The molecule has 0 aromatic heterocycles. The van der Waals surface area contributed by atoms with Crippen LogP contribution in [-0.2, 0) is 9.53 Å². The van der Waals surface area contributed by atoms with E-state index in [0.717, 1.165) is 38.7 Å². The smallest absolute Gasteiger partial charge is 0.236 e. The molecule has 0 aromatic rings. The van der Waals surface area contributed by atoms with Crippen LogP contribution in [0.1, 0.15) is 52.9 Å². The molecule has 0 aliphatic carbocycles. The third-order valence-corrected chi connectivity index (χ3v) is 2.53. The second kappa shape index (κ2) is 10.5. The molecule has 1 atom stereocenters. The van der Waals surface area contributed by atoms with Crippen LogP contribution in [0.5, 0.6) is 0 Å². The van der Waals surface area contributed by atoms with Crippen LogP contribution in [0.3, 0.4) is 0 Å². The third kappa shape index (κ3) is 10.3. The number of rotatable bonds is 10. The van der Waals surface area contributed by atoms with Crippen LogP contribution in [0.4, 0.5) is 0 Å². The Bertz CT molecular complexity index is 196. The zero-order valence-electron chi connectivity index (χ0n) is 11.5. The number of nitrogens with two attached hydrogens (primary N) is 1. The molecule has 0 aliphatic heterocycles. The SMILES string of the molecule is CCCCC(N)C(=O)NCCCCOC(C)C. The summed E-state index contributed by atoms with van der Waals surface area (Å²) in [5.41, 5.74) is 5.75. The highest BCUT2D eigenvalue weighted by Crippen LogP contribution is 1.98. The lowest BCUT2D eigenvalue weighted by Crippen LogP contribution is -2.40. The number of carbonyl (C=O) groups is 1. The lowest BCUT2D eigenvalue weighted by Gasteiger charge is -2.12. The van der Waals surface area contributed by atoms with Crippen LogP contribution in [0.2, 0.25) is 0 Å². The average molecular weight is 244 g/mol. The predicted octanol–water partition coefficient (Wildman–Crippen LogP) is 1.83. The van der Waals surface area contributed by atoms with Crippen molar-refractivity contribution in [3.05, 3.63) is 0 Å². The molecule has 0 saturated carbocycles. The van der Waals surface area contributed by atoms with E-state index in [1.54, 1.807) is 0 Å². The molecule has 0 heterocycles. The van der Waals surface area contributed by atoms with Gasteiger partial charge in [-0.05, 0) is 33.1 Å². The summed E-state index contributed by atoms with van der Waals surface area (Å²) in [6.07, 6.45) is 5.07. The standard InChI is InChI=1S/C13H28N2O2/c1-4-5-8-12(14)13(16)15-9-6-7-10-17-11(2)3/h11-12H,4-10,14H2,1-3H3,(H,15,16). The van der Waals surface area contributed by atoms with Gasteiger partial charge in [0.15, 0.2) is 0 Å². The molecule has 4 heteroatoms. The summed E-state index contributed by atoms with van der Waals surface area (Å²) in [6, 6.07) is -0.345. The van der Waals surface area contributed by atoms with Crippen molar-refractivity contribution in [2.75, 3.05) is 13.2 Å². The number of hydrogen-bond donors (Lipinski definition) is 2. The van der Waals surface area contributed by atoms with Gasteiger partial charge in [-0.1, -0.05) is 19.8 Å². The lowest BCUT2D eigenvalue weighted by atomic mass is 10.1. The van der Waals surface area contributed by atoms with E-state index in [2.05, 4.69) is 12.2 Å². The van der Waals surface area contributed by atoms with Crippen molar-refractivity contribution >= 4 is 5.91 Å². The van der Waals surface area contributed by atoms with Crippen molar-refractivity contribution in [3.8, 4) is 0 Å². The van der Waals surface area contributed by atoms with Crippen LogP contribution in [0.15, 0.2) is 0 Å². The monoisotopic (exact) mass is 244 g/mol. The summed E-state index contributed by atoms with van der Waals surface area (Å²) >= 11 is 0. The first kappa shape index (κ1) is 16.4. The molecule has 0 saturated heterocycles. The zero-order valence-corrected chi connectivity index (χ0v) is 11.5. The molecular weight excluding hydrogens is 216 g/mol. The Morgan fingerprint density at radius 3 is 2.59 bits per heavy atom. The Kier molecular flexibility index (Phi) is 10.2. The van der Waals surface area contributed by atoms with Crippen molar-refractivity contribution in [3.63, 3.8) is 0 Å². The molecule has 1 unspecified atom stereocenters. The van der Waals surface area contributed by atoms with Gasteiger partial charge >= 0.3 is 0 Å². The van der Waals surface area contributed by atoms with Gasteiger partial charge in [0.25, 0.3) is 0 Å². The fourth-order valence-electron chi connectivity index (χ4n) is 1.44. The highest BCUT2D eigenvalue weighted by Gasteiger charge is 2.11. The quantitative estimate of drug-likeness (QED) is 0.576. The molecule has 0 aromatic carbocycles. The van der Waals surface area contributed by atoms with Crippen LogP contribution in [0.25, 0.3) is 0 Å². The lowest BCUT2D eigenvalue weighted by molar-refractivity contribution is -0.122. The molecule has 0 spiro atoms. The highest BCUT2D eigenvalue weighted by atomic mass is 16.5. The maximum Gasteiger partial charge on any atom is 0.236 e. The topological polar surface area (TPSA) is 64.4 Å². The highest BCUT2D eigenvalue weighted by molar-refractivity contribution is 5.81. The number of nitrogens with one attached hydrogen (secondary N) is 1. The number of ether oxygens (including phenoxy) is 1. The number of hydrogen-bond acceptors (Lipinski definition) is 3. The largest absolute Gasteiger partial charge is 0.379 e. The zero-order chi connectivity index (χ0) is 13.1. The maximum atomic E-state index is 11.5. The van der Waals surface area contributed by atoms with Gasteiger partial charge in [-0.2, -0.15) is 0 Å². The fourth-order valence-corrected chi connectivity index (χ4v) is 1.44. The molecule has 0 aliphatic rings. The van der Waals surface area contributed by atoms with E-state index in [0.29, 0.717) is 6.54 Å². The van der Waals surface area contributed by atoms with Gasteiger partial charge in [0, 0.05) is 13.2 Å². The van der Waals surface area contributed by atoms with Crippen LogP contribution >= 0.6 is 0 Å². The van der Waals surface area contributed by atoms with Gasteiger partial charge in [-0.25, -0.2) is 0 Å². The first-order chi connectivity index (χ1) is 8.07. The third-order valence-electron chi connectivity index (χ3n) is 2.53. The Morgan fingerprint density at radius 1 is 1.29 bits per heavy atom. The van der Waals surface area contributed by atoms with E-state index in [9.17, 15) is 4.79 Å². The van der Waals surface area contributed by atoms with Gasteiger partial charge in [0.05, 0.1) is 12.1 Å². The van der Waals surface area contributed by atoms with Crippen molar-refractivity contribution < 1.29 is 9.53 Å². The minimum absolute atomic E-state index is 0.0248. The molecule has 0 fully saturated rings. The molecule has 0 rings (SSSR count). The number of carbonyl (C=O) groups excluding carboxylic acids is 1. The van der Waals surface area contributed by atoms with E-state index in [-0.39, 0.29) is 18.1 Å². The summed E-state index contributed by atoms with van der Waals surface area (Å²) in [6.45, 7) is 7.60. The van der Waals surface area contributed by atoms with Crippen LogP contribution in [-0.4, -0.2) is 31.2 Å².